The Morgan fingerprint density at radius 1 is 1.19 bits per heavy atom. The van der Waals surface area contributed by atoms with Gasteiger partial charge in [0.25, 0.3) is 0 Å². The Kier molecular flexibility index (Phi) is 5.14. The first-order valence-corrected chi connectivity index (χ1v) is 7.40. The maximum Gasteiger partial charge on any atom is 0.573 e. The minimum Gasteiger partial charge on any atom is -0.406 e. The van der Waals surface area contributed by atoms with Gasteiger partial charge < -0.3 is 9.84 Å². The molecule has 1 fully saturated rings. The minimum atomic E-state index is -4.66. The van der Waals surface area contributed by atoms with Crippen LogP contribution in [0.15, 0.2) is 24.3 Å². The predicted molar refractivity (Wildman–Crippen MR) is 74.0 cm³/mol. The molecular formula is C16H21F3O2. The van der Waals surface area contributed by atoms with Gasteiger partial charge >= 0.3 is 6.36 Å². The van der Waals surface area contributed by atoms with Gasteiger partial charge in [-0.25, -0.2) is 0 Å². The van der Waals surface area contributed by atoms with Crippen LogP contribution in [-0.4, -0.2) is 17.6 Å². The van der Waals surface area contributed by atoms with Crippen LogP contribution in [0.2, 0.25) is 0 Å². The molecule has 21 heavy (non-hydrogen) atoms. The van der Waals surface area contributed by atoms with Crippen molar-refractivity contribution in [3.63, 3.8) is 0 Å². The molecule has 0 aliphatic heterocycles. The van der Waals surface area contributed by atoms with E-state index in [1.807, 2.05) is 0 Å². The number of halogens is 3. The minimum absolute atomic E-state index is 0.193. The molecule has 1 aliphatic carbocycles. The average molecular weight is 302 g/mol. The normalized spacial score (nSPS) is 26.6. The van der Waals surface area contributed by atoms with Crippen LogP contribution in [0.1, 0.15) is 38.2 Å². The van der Waals surface area contributed by atoms with Gasteiger partial charge in [0.05, 0.1) is 6.10 Å². The Labute approximate surface area is 122 Å². The molecule has 1 saturated carbocycles. The maximum absolute atomic E-state index is 12.1. The second-order valence-electron chi connectivity index (χ2n) is 5.81. The SMILES string of the molecule is CCC1CCC(O)C(Cc2ccc(OC(F)(F)F)cc2)C1. The molecular weight excluding hydrogens is 281 g/mol. The molecule has 118 valence electrons. The zero-order valence-corrected chi connectivity index (χ0v) is 12.1. The monoisotopic (exact) mass is 302 g/mol. The fraction of sp³-hybridized carbons (Fsp3) is 0.625. The highest BCUT2D eigenvalue weighted by atomic mass is 19.4. The smallest absolute Gasteiger partial charge is 0.406 e. The van der Waals surface area contributed by atoms with Gasteiger partial charge in [-0.15, -0.1) is 13.2 Å². The molecule has 0 spiro atoms. The highest BCUT2D eigenvalue weighted by Gasteiger charge is 2.31. The van der Waals surface area contributed by atoms with Crippen LogP contribution in [0.5, 0.6) is 5.75 Å². The van der Waals surface area contributed by atoms with Crippen molar-refractivity contribution in [3.05, 3.63) is 29.8 Å². The van der Waals surface area contributed by atoms with E-state index in [1.165, 1.54) is 12.1 Å². The van der Waals surface area contributed by atoms with Gasteiger partial charge in [0.15, 0.2) is 0 Å². The van der Waals surface area contributed by atoms with Crippen LogP contribution in [-0.2, 0) is 6.42 Å². The van der Waals surface area contributed by atoms with Crippen molar-refractivity contribution in [2.75, 3.05) is 0 Å². The fourth-order valence-electron chi connectivity index (χ4n) is 3.07. The standard InChI is InChI=1S/C16H21F3O2/c1-2-11-5-8-15(20)13(9-11)10-12-3-6-14(7-4-12)21-16(17,18)19/h3-4,6-7,11,13,15,20H,2,5,8-10H2,1H3. The number of alkyl halides is 3. The molecule has 1 aromatic carbocycles. The summed E-state index contributed by atoms with van der Waals surface area (Å²) in [5.41, 5.74) is 0.935. The third kappa shape index (κ3) is 4.92. The van der Waals surface area contributed by atoms with E-state index in [0.717, 1.165) is 31.2 Å². The van der Waals surface area contributed by atoms with E-state index in [2.05, 4.69) is 11.7 Å². The van der Waals surface area contributed by atoms with E-state index in [1.54, 1.807) is 12.1 Å². The van der Waals surface area contributed by atoms with Gasteiger partial charge in [-0.1, -0.05) is 25.5 Å². The molecule has 0 bridgehead atoms. The van der Waals surface area contributed by atoms with Crippen LogP contribution in [0.25, 0.3) is 0 Å². The molecule has 2 rings (SSSR count). The second kappa shape index (κ2) is 6.69. The molecule has 0 amide bonds. The largest absolute Gasteiger partial charge is 0.573 e. The molecule has 0 aromatic heterocycles. The first-order chi connectivity index (χ1) is 9.87. The Morgan fingerprint density at radius 2 is 1.86 bits per heavy atom. The molecule has 3 atom stereocenters. The summed E-state index contributed by atoms with van der Waals surface area (Å²) in [5.74, 6) is 0.631. The van der Waals surface area contributed by atoms with E-state index in [0.29, 0.717) is 12.3 Å². The average Bonchev–Trinajstić information content (AvgIpc) is 2.42. The lowest BCUT2D eigenvalue weighted by atomic mass is 9.76. The van der Waals surface area contributed by atoms with Crippen molar-refractivity contribution in [1.29, 1.82) is 0 Å². The first-order valence-electron chi connectivity index (χ1n) is 7.40. The second-order valence-corrected chi connectivity index (χ2v) is 5.81. The highest BCUT2D eigenvalue weighted by Crippen LogP contribution is 2.33. The molecule has 1 N–H and O–H groups in total. The van der Waals surface area contributed by atoms with Gasteiger partial charge in [0.1, 0.15) is 5.75 Å². The number of hydrogen-bond acceptors (Lipinski definition) is 2. The summed E-state index contributed by atoms with van der Waals surface area (Å²) in [7, 11) is 0. The molecule has 3 unspecified atom stereocenters. The van der Waals surface area contributed by atoms with Crippen molar-refractivity contribution >= 4 is 0 Å². The molecule has 0 saturated heterocycles. The van der Waals surface area contributed by atoms with Crippen molar-refractivity contribution in [2.24, 2.45) is 11.8 Å². The lowest BCUT2D eigenvalue weighted by Gasteiger charge is -2.33. The summed E-state index contributed by atoms with van der Waals surface area (Å²) in [6.07, 6.45) is -0.288. The Balaban J connectivity index is 1.96. The Hall–Kier alpha value is -1.23. The van der Waals surface area contributed by atoms with E-state index >= 15 is 0 Å². The summed E-state index contributed by atoms with van der Waals surface area (Å²) in [5, 5.41) is 10.1. The molecule has 2 nitrogen and oxygen atoms in total. The first kappa shape index (κ1) is 16.1. The van der Waals surface area contributed by atoms with Gasteiger partial charge in [-0.2, -0.15) is 0 Å². The van der Waals surface area contributed by atoms with E-state index in [9.17, 15) is 18.3 Å². The third-order valence-corrected chi connectivity index (χ3v) is 4.28. The summed E-state index contributed by atoms with van der Waals surface area (Å²) in [6.45, 7) is 2.16. The quantitative estimate of drug-likeness (QED) is 0.898. The van der Waals surface area contributed by atoms with Gasteiger partial charge in [-0.05, 0) is 55.2 Å². The lowest BCUT2D eigenvalue weighted by molar-refractivity contribution is -0.274. The number of ether oxygens (including phenoxy) is 1. The predicted octanol–water partition coefficient (Wildman–Crippen LogP) is 4.31. The van der Waals surface area contributed by atoms with Crippen LogP contribution < -0.4 is 4.74 Å². The molecule has 1 aliphatic rings. The zero-order valence-electron chi connectivity index (χ0n) is 12.1. The number of rotatable bonds is 4. The van der Waals surface area contributed by atoms with E-state index < -0.39 is 6.36 Å². The molecule has 0 radical (unpaired) electrons. The summed E-state index contributed by atoms with van der Waals surface area (Å²) >= 11 is 0. The number of aliphatic hydroxyl groups is 1. The Morgan fingerprint density at radius 3 is 2.43 bits per heavy atom. The van der Waals surface area contributed by atoms with Crippen LogP contribution in [0.3, 0.4) is 0 Å². The van der Waals surface area contributed by atoms with Crippen LogP contribution >= 0.6 is 0 Å². The van der Waals surface area contributed by atoms with Gasteiger partial charge in [0.2, 0.25) is 0 Å². The summed E-state index contributed by atoms with van der Waals surface area (Å²) in [4.78, 5) is 0. The number of aliphatic hydroxyl groups excluding tert-OH is 1. The summed E-state index contributed by atoms with van der Waals surface area (Å²) in [6, 6.07) is 5.94. The van der Waals surface area contributed by atoms with Crippen molar-refractivity contribution in [3.8, 4) is 5.75 Å². The van der Waals surface area contributed by atoms with Crippen molar-refractivity contribution < 1.29 is 23.0 Å². The van der Waals surface area contributed by atoms with Crippen molar-refractivity contribution in [1.82, 2.24) is 0 Å². The Bertz CT molecular complexity index is 442. The molecule has 0 heterocycles. The van der Waals surface area contributed by atoms with E-state index in [4.69, 9.17) is 0 Å². The van der Waals surface area contributed by atoms with Crippen LogP contribution in [0, 0.1) is 11.8 Å². The van der Waals surface area contributed by atoms with Gasteiger partial charge in [0, 0.05) is 0 Å². The number of hydrogen-bond donors (Lipinski definition) is 1. The highest BCUT2D eigenvalue weighted by molar-refractivity contribution is 5.27. The fourth-order valence-corrected chi connectivity index (χ4v) is 3.07. The number of benzene rings is 1. The third-order valence-electron chi connectivity index (χ3n) is 4.28. The maximum atomic E-state index is 12.1. The lowest BCUT2D eigenvalue weighted by Crippen LogP contribution is -2.30. The summed E-state index contributed by atoms with van der Waals surface area (Å²) < 4.78 is 40.1. The molecule has 1 aromatic rings. The van der Waals surface area contributed by atoms with E-state index in [-0.39, 0.29) is 17.8 Å². The topological polar surface area (TPSA) is 29.5 Å². The zero-order chi connectivity index (χ0) is 15.5. The van der Waals surface area contributed by atoms with Crippen molar-refractivity contribution in [2.45, 2.75) is 51.5 Å². The van der Waals surface area contributed by atoms with Gasteiger partial charge in [-0.3, -0.25) is 0 Å². The molecule has 5 heteroatoms. The van der Waals surface area contributed by atoms with Crippen LogP contribution in [0.4, 0.5) is 13.2 Å².